The number of urea groups is 1. The van der Waals surface area contributed by atoms with E-state index in [0.717, 1.165) is 46.8 Å². The van der Waals surface area contributed by atoms with Crippen molar-refractivity contribution in [1.82, 2.24) is 9.88 Å². The summed E-state index contributed by atoms with van der Waals surface area (Å²) in [4.78, 5) is 19.4. The number of piperidine rings is 1. The molecule has 0 spiro atoms. The highest BCUT2D eigenvalue weighted by Gasteiger charge is 2.29. The first-order valence-electron chi connectivity index (χ1n) is 10.2. The second-order valence-corrected chi connectivity index (χ2v) is 7.57. The van der Waals surface area contributed by atoms with Crippen LogP contribution in [0.15, 0.2) is 65.3 Å². The third kappa shape index (κ3) is 3.24. The van der Waals surface area contributed by atoms with Crippen molar-refractivity contribution in [1.29, 1.82) is 0 Å². The van der Waals surface area contributed by atoms with Gasteiger partial charge in [0.15, 0.2) is 0 Å². The molecule has 1 fully saturated rings. The van der Waals surface area contributed by atoms with Crippen molar-refractivity contribution in [2.24, 2.45) is 0 Å². The molecule has 30 heavy (non-hydrogen) atoms. The van der Waals surface area contributed by atoms with Crippen molar-refractivity contribution >= 4 is 33.7 Å². The normalized spacial score (nSPS) is 16.7. The van der Waals surface area contributed by atoms with E-state index >= 15 is 0 Å². The molecule has 6 heteroatoms. The van der Waals surface area contributed by atoms with Gasteiger partial charge in [0.25, 0.3) is 0 Å². The Kier molecular flexibility index (Phi) is 4.75. The van der Waals surface area contributed by atoms with Gasteiger partial charge in [-0.05, 0) is 43.0 Å². The molecule has 0 saturated carbocycles. The van der Waals surface area contributed by atoms with E-state index in [1.165, 1.54) is 0 Å². The van der Waals surface area contributed by atoms with Crippen LogP contribution in [0, 0.1) is 0 Å². The topological polar surface area (TPSA) is 67.6 Å². The second kappa shape index (κ2) is 7.71. The van der Waals surface area contributed by atoms with Crippen LogP contribution in [0.4, 0.5) is 10.5 Å². The maximum atomic E-state index is 13.2. The molecule has 2 amide bonds. The number of methoxy groups -OCH3 is 1. The Morgan fingerprint density at radius 3 is 2.87 bits per heavy atom. The zero-order valence-electron chi connectivity index (χ0n) is 16.8. The van der Waals surface area contributed by atoms with E-state index in [4.69, 9.17) is 9.15 Å². The molecule has 5 rings (SSSR count). The molecule has 152 valence electrons. The van der Waals surface area contributed by atoms with E-state index in [2.05, 4.69) is 10.3 Å². The molecule has 1 atom stereocenters. The summed E-state index contributed by atoms with van der Waals surface area (Å²) in [5.74, 6) is 0.609. The van der Waals surface area contributed by atoms with Gasteiger partial charge in [0.2, 0.25) is 0 Å². The molecule has 0 bridgehead atoms. The van der Waals surface area contributed by atoms with Gasteiger partial charge >= 0.3 is 6.03 Å². The Bertz CT molecular complexity index is 1200. The number of carbonyl (C=O) groups is 1. The van der Waals surface area contributed by atoms with Gasteiger partial charge in [0, 0.05) is 35.8 Å². The molecule has 3 heterocycles. The summed E-state index contributed by atoms with van der Waals surface area (Å²) in [6, 6.07) is 15.5. The van der Waals surface area contributed by atoms with E-state index in [1.807, 2.05) is 59.6 Å². The standard InChI is InChI=1S/C24H23N3O3/c1-29-23-13-18-17-8-2-3-10-21(17)30-22(18)14-19(23)26-24(28)27-12-5-4-9-20(27)16-7-6-11-25-15-16/h2-3,6-8,10-11,13-15,20H,4-5,9,12H2,1H3,(H,26,28). The van der Waals surface area contributed by atoms with Crippen molar-refractivity contribution in [3.8, 4) is 5.75 Å². The molecule has 0 aliphatic carbocycles. The number of nitrogens with one attached hydrogen (secondary N) is 1. The lowest BCUT2D eigenvalue weighted by Gasteiger charge is -2.36. The molecule has 0 radical (unpaired) electrons. The SMILES string of the molecule is COc1cc2c(cc1NC(=O)N1CCCCC1c1cccnc1)oc1ccccc12. The van der Waals surface area contributed by atoms with E-state index in [9.17, 15) is 4.79 Å². The fraction of sp³-hybridized carbons (Fsp3) is 0.250. The number of nitrogens with zero attached hydrogens (tertiary/aromatic N) is 2. The first-order valence-corrected chi connectivity index (χ1v) is 10.2. The maximum absolute atomic E-state index is 13.2. The van der Waals surface area contributed by atoms with E-state index in [-0.39, 0.29) is 12.1 Å². The lowest BCUT2D eigenvalue weighted by molar-refractivity contribution is 0.163. The summed E-state index contributed by atoms with van der Waals surface area (Å²) in [5.41, 5.74) is 3.19. The number of amides is 2. The van der Waals surface area contributed by atoms with Crippen LogP contribution in [0.1, 0.15) is 30.9 Å². The minimum atomic E-state index is -0.141. The molecule has 2 aromatic heterocycles. The third-order valence-electron chi connectivity index (χ3n) is 5.77. The smallest absolute Gasteiger partial charge is 0.322 e. The number of carbonyl (C=O) groups excluding carboxylic acids is 1. The van der Waals surface area contributed by atoms with Gasteiger partial charge in [-0.3, -0.25) is 4.98 Å². The Morgan fingerprint density at radius 2 is 2.03 bits per heavy atom. The minimum Gasteiger partial charge on any atom is -0.495 e. The average molecular weight is 401 g/mol. The maximum Gasteiger partial charge on any atom is 0.322 e. The Hall–Kier alpha value is -3.54. The van der Waals surface area contributed by atoms with Crippen LogP contribution in [-0.4, -0.2) is 29.6 Å². The number of hydrogen-bond donors (Lipinski definition) is 1. The number of hydrogen-bond acceptors (Lipinski definition) is 4. The van der Waals surface area contributed by atoms with Crippen molar-refractivity contribution in [2.45, 2.75) is 25.3 Å². The number of rotatable bonds is 3. The molecule has 1 aliphatic rings. The zero-order valence-corrected chi connectivity index (χ0v) is 16.8. The fourth-order valence-electron chi connectivity index (χ4n) is 4.30. The lowest BCUT2D eigenvalue weighted by Crippen LogP contribution is -2.41. The van der Waals surface area contributed by atoms with E-state index < -0.39 is 0 Å². The van der Waals surface area contributed by atoms with Crippen molar-refractivity contribution in [3.63, 3.8) is 0 Å². The molecule has 1 N–H and O–H groups in total. The zero-order chi connectivity index (χ0) is 20.5. The highest BCUT2D eigenvalue weighted by atomic mass is 16.5. The van der Waals surface area contributed by atoms with Crippen LogP contribution in [-0.2, 0) is 0 Å². The number of furan rings is 1. The Labute approximate surface area is 174 Å². The molecule has 1 aliphatic heterocycles. The van der Waals surface area contributed by atoms with E-state index in [1.54, 1.807) is 13.3 Å². The van der Waals surface area contributed by atoms with Gasteiger partial charge in [0.1, 0.15) is 16.9 Å². The van der Waals surface area contributed by atoms with Crippen molar-refractivity contribution in [2.75, 3.05) is 19.0 Å². The molecular weight excluding hydrogens is 378 g/mol. The lowest BCUT2D eigenvalue weighted by atomic mass is 9.97. The summed E-state index contributed by atoms with van der Waals surface area (Å²) >= 11 is 0. The van der Waals surface area contributed by atoms with Crippen LogP contribution in [0.25, 0.3) is 21.9 Å². The Balaban J connectivity index is 1.48. The minimum absolute atomic E-state index is 0.0216. The number of anilines is 1. The van der Waals surface area contributed by atoms with Crippen molar-refractivity contribution in [3.05, 3.63) is 66.5 Å². The highest BCUT2D eigenvalue weighted by Crippen LogP contribution is 2.37. The molecule has 1 saturated heterocycles. The molecule has 4 aromatic rings. The van der Waals surface area contributed by atoms with Crippen LogP contribution in [0.2, 0.25) is 0 Å². The third-order valence-corrected chi connectivity index (χ3v) is 5.77. The van der Waals surface area contributed by atoms with Gasteiger partial charge in [-0.1, -0.05) is 24.3 Å². The van der Waals surface area contributed by atoms with Crippen LogP contribution in [0.5, 0.6) is 5.75 Å². The summed E-state index contributed by atoms with van der Waals surface area (Å²) in [7, 11) is 1.61. The van der Waals surface area contributed by atoms with Crippen molar-refractivity contribution < 1.29 is 13.9 Å². The van der Waals surface area contributed by atoms with Gasteiger partial charge in [-0.15, -0.1) is 0 Å². The number of aromatic nitrogens is 1. The molecule has 2 aromatic carbocycles. The predicted molar refractivity (Wildman–Crippen MR) is 117 cm³/mol. The summed E-state index contributed by atoms with van der Waals surface area (Å²) in [6.07, 6.45) is 6.61. The van der Waals surface area contributed by atoms with Crippen LogP contribution >= 0.6 is 0 Å². The van der Waals surface area contributed by atoms with Gasteiger partial charge in [-0.2, -0.15) is 0 Å². The number of ether oxygens (including phenoxy) is 1. The fourth-order valence-corrected chi connectivity index (χ4v) is 4.30. The molecular formula is C24H23N3O3. The number of pyridine rings is 1. The number of benzene rings is 2. The second-order valence-electron chi connectivity index (χ2n) is 7.57. The average Bonchev–Trinajstić information content (AvgIpc) is 3.16. The molecule has 1 unspecified atom stereocenters. The number of likely N-dealkylation sites (tertiary alicyclic amines) is 1. The largest absolute Gasteiger partial charge is 0.495 e. The first-order chi connectivity index (χ1) is 14.7. The summed E-state index contributed by atoms with van der Waals surface area (Å²) in [6.45, 7) is 0.709. The van der Waals surface area contributed by atoms with Crippen LogP contribution < -0.4 is 10.1 Å². The molecule has 6 nitrogen and oxygen atoms in total. The van der Waals surface area contributed by atoms with Crippen LogP contribution in [0.3, 0.4) is 0 Å². The quantitative estimate of drug-likeness (QED) is 0.475. The Morgan fingerprint density at radius 1 is 1.13 bits per heavy atom. The van der Waals surface area contributed by atoms with Gasteiger partial charge in [0.05, 0.1) is 18.8 Å². The number of fused-ring (bicyclic) bond motifs is 3. The monoisotopic (exact) mass is 401 g/mol. The summed E-state index contributed by atoms with van der Waals surface area (Å²) in [5, 5.41) is 5.04. The number of para-hydroxylation sites is 1. The predicted octanol–water partition coefficient (Wildman–Crippen LogP) is 5.75. The van der Waals surface area contributed by atoms with Gasteiger partial charge in [-0.25, -0.2) is 4.79 Å². The van der Waals surface area contributed by atoms with E-state index in [0.29, 0.717) is 18.0 Å². The van der Waals surface area contributed by atoms with Gasteiger partial charge < -0.3 is 19.4 Å². The summed E-state index contributed by atoms with van der Waals surface area (Å²) < 4.78 is 11.6. The highest BCUT2D eigenvalue weighted by molar-refractivity contribution is 6.07. The first kappa shape index (κ1) is 18.5.